The number of halogens is 1. The summed E-state index contributed by atoms with van der Waals surface area (Å²) in [6, 6.07) is 0. The van der Waals surface area contributed by atoms with E-state index in [9.17, 15) is 0 Å². The number of rotatable bonds is 4. The van der Waals surface area contributed by atoms with E-state index in [0.717, 1.165) is 6.42 Å². The van der Waals surface area contributed by atoms with E-state index >= 15 is 0 Å². The second kappa shape index (κ2) is 3.80. The molecule has 68 valence electrons. The van der Waals surface area contributed by atoms with Gasteiger partial charge in [-0.1, -0.05) is 27.2 Å². The molecule has 0 bridgehead atoms. The summed E-state index contributed by atoms with van der Waals surface area (Å²) in [5.74, 6) is 0. The molecule has 0 fully saturated rings. The third kappa shape index (κ3) is 6.68. The highest BCUT2D eigenvalue weighted by Gasteiger charge is 2.20. The predicted molar refractivity (Wildman–Crippen MR) is 53.2 cm³/mol. The van der Waals surface area contributed by atoms with Crippen molar-refractivity contribution in [3.63, 3.8) is 0 Å². The summed E-state index contributed by atoms with van der Waals surface area (Å²) in [6.45, 7) is 11.0. The van der Waals surface area contributed by atoms with E-state index in [1.54, 1.807) is 0 Å². The van der Waals surface area contributed by atoms with Gasteiger partial charge in [0, 0.05) is 4.87 Å². The van der Waals surface area contributed by atoms with Gasteiger partial charge < -0.3 is 0 Å². The van der Waals surface area contributed by atoms with Crippen molar-refractivity contribution in [1.82, 2.24) is 0 Å². The van der Waals surface area contributed by atoms with Crippen LogP contribution in [0.15, 0.2) is 0 Å². The van der Waals surface area contributed by atoms with Crippen LogP contribution >= 0.6 is 11.6 Å². The van der Waals surface area contributed by atoms with Crippen LogP contribution in [0.1, 0.15) is 53.9 Å². The van der Waals surface area contributed by atoms with Gasteiger partial charge in [0.1, 0.15) is 0 Å². The van der Waals surface area contributed by atoms with Gasteiger partial charge in [-0.15, -0.1) is 11.6 Å². The average molecular weight is 177 g/mol. The van der Waals surface area contributed by atoms with Crippen LogP contribution in [-0.2, 0) is 0 Å². The van der Waals surface area contributed by atoms with Gasteiger partial charge in [-0.25, -0.2) is 0 Å². The lowest BCUT2D eigenvalue weighted by molar-refractivity contribution is 0.299. The molecule has 0 saturated heterocycles. The van der Waals surface area contributed by atoms with Crippen molar-refractivity contribution in [2.75, 3.05) is 0 Å². The Labute approximate surface area is 76.3 Å². The van der Waals surface area contributed by atoms with Gasteiger partial charge in [-0.3, -0.25) is 0 Å². The largest absolute Gasteiger partial charge is 0.120 e. The molecule has 0 radical (unpaired) electrons. The standard InChI is InChI=1S/C10H21Cl/c1-6-9(2,3)7-8-10(4,5)11/h6-8H2,1-5H3. The molecule has 0 aliphatic carbocycles. The van der Waals surface area contributed by atoms with Crippen LogP contribution in [-0.4, -0.2) is 4.87 Å². The minimum Gasteiger partial charge on any atom is -0.120 e. The molecular weight excluding hydrogens is 156 g/mol. The molecule has 0 aromatic carbocycles. The van der Waals surface area contributed by atoms with Gasteiger partial charge in [-0.2, -0.15) is 0 Å². The zero-order valence-electron chi connectivity index (χ0n) is 8.50. The molecule has 0 heterocycles. The van der Waals surface area contributed by atoms with Gasteiger partial charge in [0.2, 0.25) is 0 Å². The molecule has 0 aromatic rings. The maximum absolute atomic E-state index is 6.10. The average Bonchev–Trinajstić information content (AvgIpc) is 1.83. The fourth-order valence-corrected chi connectivity index (χ4v) is 0.907. The Hall–Kier alpha value is 0.290. The Bertz CT molecular complexity index is 109. The second-order valence-corrected chi connectivity index (χ2v) is 5.76. The van der Waals surface area contributed by atoms with E-state index in [4.69, 9.17) is 11.6 Å². The van der Waals surface area contributed by atoms with E-state index in [2.05, 4.69) is 34.6 Å². The molecule has 0 atom stereocenters. The van der Waals surface area contributed by atoms with E-state index in [-0.39, 0.29) is 4.87 Å². The summed E-state index contributed by atoms with van der Waals surface area (Å²) >= 11 is 6.10. The van der Waals surface area contributed by atoms with Crippen molar-refractivity contribution in [2.45, 2.75) is 58.8 Å². The lowest BCUT2D eigenvalue weighted by Gasteiger charge is -2.26. The first-order valence-corrected chi connectivity index (χ1v) is 4.83. The highest BCUT2D eigenvalue weighted by atomic mass is 35.5. The Kier molecular flexibility index (Phi) is 3.90. The molecule has 0 amide bonds. The first-order chi connectivity index (χ1) is 4.77. The predicted octanol–water partition coefficient (Wildman–Crippen LogP) is 4.22. The number of alkyl halides is 1. The maximum atomic E-state index is 6.10. The maximum Gasteiger partial charge on any atom is 0.0390 e. The third-order valence-corrected chi connectivity index (χ3v) is 2.54. The molecule has 0 nitrogen and oxygen atoms in total. The van der Waals surface area contributed by atoms with E-state index in [0.29, 0.717) is 5.41 Å². The Morgan fingerprint density at radius 1 is 1.00 bits per heavy atom. The summed E-state index contributed by atoms with van der Waals surface area (Å²) in [7, 11) is 0. The van der Waals surface area contributed by atoms with E-state index in [1.807, 2.05) is 0 Å². The van der Waals surface area contributed by atoms with Crippen LogP contribution in [0, 0.1) is 5.41 Å². The summed E-state index contributed by atoms with van der Waals surface area (Å²) in [5.41, 5.74) is 0.464. The SMILES string of the molecule is CCC(C)(C)CCC(C)(C)Cl. The summed E-state index contributed by atoms with van der Waals surface area (Å²) in [5, 5.41) is 0. The summed E-state index contributed by atoms with van der Waals surface area (Å²) < 4.78 is 0. The lowest BCUT2D eigenvalue weighted by atomic mass is 9.83. The molecule has 1 heteroatoms. The molecule has 0 rings (SSSR count). The summed E-state index contributed by atoms with van der Waals surface area (Å²) in [4.78, 5) is -0.0214. The van der Waals surface area contributed by atoms with Crippen LogP contribution in [0.5, 0.6) is 0 Å². The molecule has 0 N–H and O–H groups in total. The van der Waals surface area contributed by atoms with Gasteiger partial charge in [-0.05, 0) is 32.1 Å². The lowest BCUT2D eigenvalue weighted by Crippen LogP contribution is -2.17. The summed E-state index contributed by atoms with van der Waals surface area (Å²) in [6.07, 6.45) is 3.56. The Morgan fingerprint density at radius 3 is 1.73 bits per heavy atom. The van der Waals surface area contributed by atoms with Crippen molar-refractivity contribution in [3.05, 3.63) is 0 Å². The first kappa shape index (κ1) is 11.3. The molecule has 0 spiro atoms. The van der Waals surface area contributed by atoms with Crippen LogP contribution in [0.4, 0.5) is 0 Å². The first-order valence-electron chi connectivity index (χ1n) is 4.46. The van der Waals surface area contributed by atoms with Crippen molar-refractivity contribution in [1.29, 1.82) is 0 Å². The Morgan fingerprint density at radius 2 is 1.45 bits per heavy atom. The zero-order chi connectivity index (χ0) is 9.12. The molecule has 0 aliphatic rings. The van der Waals surface area contributed by atoms with Crippen molar-refractivity contribution in [3.8, 4) is 0 Å². The van der Waals surface area contributed by atoms with Gasteiger partial charge in [0.05, 0.1) is 0 Å². The quantitative estimate of drug-likeness (QED) is 0.563. The molecule has 0 aliphatic heterocycles. The fourth-order valence-electron chi connectivity index (χ4n) is 0.812. The molecule has 11 heavy (non-hydrogen) atoms. The smallest absolute Gasteiger partial charge is 0.0390 e. The van der Waals surface area contributed by atoms with Crippen LogP contribution < -0.4 is 0 Å². The van der Waals surface area contributed by atoms with E-state index < -0.39 is 0 Å². The Balaban J connectivity index is 3.70. The number of hydrogen-bond donors (Lipinski definition) is 0. The minimum atomic E-state index is -0.0214. The van der Waals surface area contributed by atoms with E-state index in [1.165, 1.54) is 12.8 Å². The molecule has 0 aromatic heterocycles. The molecule has 0 saturated carbocycles. The van der Waals surface area contributed by atoms with Crippen LogP contribution in [0.25, 0.3) is 0 Å². The van der Waals surface area contributed by atoms with Crippen LogP contribution in [0.2, 0.25) is 0 Å². The third-order valence-electron chi connectivity index (χ3n) is 2.35. The van der Waals surface area contributed by atoms with Crippen molar-refractivity contribution >= 4 is 11.6 Å². The zero-order valence-corrected chi connectivity index (χ0v) is 9.26. The highest BCUT2D eigenvalue weighted by Crippen LogP contribution is 2.31. The normalized spacial score (nSPS) is 13.6. The molecular formula is C10H21Cl. The van der Waals surface area contributed by atoms with Crippen LogP contribution in [0.3, 0.4) is 0 Å². The minimum absolute atomic E-state index is 0.0214. The van der Waals surface area contributed by atoms with Crippen molar-refractivity contribution in [2.24, 2.45) is 5.41 Å². The van der Waals surface area contributed by atoms with Gasteiger partial charge in [0.25, 0.3) is 0 Å². The fraction of sp³-hybridized carbons (Fsp3) is 1.00. The van der Waals surface area contributed by atoms with Crippen molar-refractivity contribution < 1.29 is 0 Å². The highest BCUT2D eigenvalue weighted by molar-refractivity contribution is 6.23. The monoisotopic (exact) mass is 176 g/mol. The number of hydrogen-bond acceptors (Lipinski definition) is 0. The van der Waals surface area contributed by atoms with Gasteiger partial charge in [0.15, 0.2) is 0 Å². The van der Waals surface area contributed by atoms with Gasteiger partial charge >= 0.3 is 0 Å². The molecule has 0 unspecified atom stereocenters. The topological polar surface area (TPSA) is 0 Å². The second-order valence-electron chi connectivity index (χ2n) is 4.74.